The van der Waals surface area contributed by atoms with E-state index in [-0.39, 0.29) is 0 Å². The van der Waals surface area contributed by atoms with Crippen molar-refractivity contribution in [2.75, 3.05) is 6.54 Å². The third-order valence-electron chi connectivity index (χ3n) is 6.01. The highest BCUT2D eigenvalue weighted by atomic mass is 16.4. The molecule has 1 fully saturated rings. The summed E-state index contributed by atoms with van der Waals surface area (Å²) in [5.74, 6) is -0.883. The van der Waals surface area contributed by atoms with E-state index < -0.39 is 18.1 Å². The van der Waals surface area contributed by atoms with E-state index in [0.29, 0.717) is 18.5 Å². The number of nitrogens with zero attached hydrogens (tertiary/aromatic N) is 2. The highest BCUT2D eigenvalue weighted by Crippen LogP contribution is 2.18. The van der Waals surface area contributed by atoms with Crippen LogP contribution in [-0.2, 0) is 17.6 Å². The summed E-state index contributed by atoms with van der Waals surface area (Å²) < 4.78 is 0. The molecule has 35 heavy (non-hydrogen) atoms. The molecule has 2 atom stereocenters. The maximum absolute atomic E-state index is 11.4. The molecule has 1 saturated heterocycles. The van der Waals surface area contributed by atoms with Crippen LogP contribution < -0.4 is 5.32 Å². The number of rotatable bonds is 2. The van der Waals surface area contributed by atoms with Crippen LogP contribution in [0.25, 0.3) is 34.2 Å². The molecule has 3 aromatic rings. The van der Waals surface area contributed by atoms with Crippen LogP contribution in [0.1, 0.15) is 39.6 Å². The van der Waals surface area contributed by atoms with Crippen LogP contribution in [0.5, 0.6) is 0 Å². The summed E-state index contributed by atoms with van der Waals surface area (Å²) in [5, 5.41) is 19.8. The van der Waals surface area contributed by atoms with Crippen molar-refractivity contribution in [2.45, 2.75) is 31.4 Å². The summed E-state index contributed by atoms with van der Waals surface area (Å²) in [5.41, 5.74) is 8.05. The topological polar surface area (TPSA) is 144 Å². The normalized spacial score (nSPS) is 18.7. The van der Waals surface area contributed by atoms with Crippen molar-refractivity contribution >= 4 is 46.5 Å². The largest absolute Gasteiger partial charge is 0.480 e. The number of fused-ring (bicyclic) bond motifs is 8. The van der Waals surface area contributed by atoms with E-state index >= 15 is 0 Å². The number of carboxylic acids is 1. The van der Waals surface area contributed by atoms with Crippen molar-refractivity contribution in [1.82, 2.24) is 25.3 Å². The Kier molecular flexibility index (Phi) is 6.26. The number of aromatic nitrogens is 4. The molecule has 3 aliphatic heterocycles. The van der Waals surface area contributed by atoms with E-state index in [1.807, 2.05) is 42.5 Å². The lowest BCUT2D eigenvalue weighted by Crippen LogP contribution is -2.29. The zero-order valence-corrected chi connectivity index (χ0v) is 18.9. The summed E-state index contributed by atoms with van der Waals surface area (Å²) in [6, 6.07) is 13.4. The van der Waals surface area contributed by atoms with Gasteiger partial charge in [0, 0.05) is 46.5 Å². The molecule has 178 valence electrons. The number of carbonyl (C=O) groups is 2. The molecule has 3 aliphatic rings. The summed E-state index contributed by atoms with van der Waals surface area (Å²) in [4.78, 5) is 37.6. The minimum atomic E-state index is -0.883. The molecule has 1 unspecified atom stereocenters. The maximum atomic E-state index is 11.4. The highest BCUT2D eigenvalue weighted by molar-refractivity contribution is 5.90. The van der Waals surface area contributed by atoms with Gasteiger partial charge in [-0.3, -0.25) is 14.6 Å². The Morgan fingerprint density at radius 1 is 0.914 bits per heavy atom. The first-order valence-corrected chi connectivity index (χ1v) is 11.4. The Labute approximate surface area is 200 Å². The van der Waals surface area contributed by atoms with Gasteiger partial charge in [-0.1, -0.05) is 0 Å². The molecule has 9 heteroatoms. The number of aliphatic hydroxyl groups excluding tert-OH is 1. The van der Waals surface area contributed by atoms with Crippen LogP contribution in [0.4, 0.5) is 0 Å². The van der Waals surface area contributed by atoms with Crippen molar-refractivity contribution < 1.29 is 19.8 Å². The fourth-order valence-corrected chi connectivity index (χ4v) is 4.29. The molecule has 0 aromatic carbocycles. The van der Waals surface area contributed by atoms with Crippen LogP contribution >= 0.6 is 0 Å². The van der Waals surface area contributed by atoms with Crippen LogP contribution in [-0.4, -0.2) is 61.1 Å². The lowest BCUT2D eigenvalue weighted by molar-refractivity contribution is -0.139. The van der Waals surface area contributed by atoms with Gasteiger partial charge in [0.2, 0.25) is 0 Å². The first-order chi connectivity index (χ1) is 16.9. The standard InChI is InChI=1S/C21H16N4O.C5H9NO3/c26-12-13-7-20-10-18-4-3-16(23-18)8-14-1-2-15(22-14)9-17-5-6-19(24-17)11-21(13)25-20;7-3-1-4(5(8)9)6-2-3/h1-2,5-12,22,25H,3-4H2;3-4,6-7H,1-2H2,(H,8,9)/t;3?,4-/m.0/s1. The minimum absolute atomic E-state index is 0.329. The molecule has 0 aliphatic carbocycles. The average Bonchev–Trinajstić information content (AvgIpc) is 3.63. The zero-order valence-electron chi connectivity index (χ0n) is 18.9. The molecule has 6 rings (SSSR count). The van der Waals surface area contributed by atoms with Gasteiger partial charge in [-0.15, -0.1) is 0 Å². The van der Waals surface area contributed by atoms with E-state index in [1.54, 1.807) is 0 Å². The Balaban J connectivity index is 0.000000239. The summed E-state index contributed by atoms with van der Waals surface area (Å²) >= 11 is 0. The Hall–Kier alpha value is -4.08. The smallest absolute Gasteiger partial charge is 0.320 e. The van der Waals surface area contributed by atoms with Crippen molar-refractivity contribution in [3.8, 4) is 0 Å². The van der Waals surface area contributed by atoms with Crippen LogP contribution in [0, 0.1) is 0 Å². The second-order valence-corrected chi connectivity index (χ2v) is 8.74. The fourth-order valence-electron chi connectivity index (χ4n) is 4.29. The Morgan fingerprint density at radius 3 is 2.23 bits per heavy atom. The van der Waals surface area contributed by atoms with Gasteiger partial charge in [0.25, 0.3) is 0 Å². The molecule has 0 saturated carbocycles. The molecular weight excluding hydrogens is 446 g/mol. The first-order valence-electron chi connectivity index (χ1n) is 11.4. The lowest BCUT2D eigenvalue weighted by Gasteiger charge is -1.99. The second kappa shape index (κ2) is 9.65. The third kappa shape index (κ3) is 5.37. The number of carbonyl (C=O) groups excluding carboxylic acids is 1. The maximum Gasteiger partial charge on any atom is 0.320 e. The number of aromatic amines is 2. The molecule has 3 aromatic heterocycles. The van der Waals surface area contributed by atoms with Crippen LogP contribution in [0.2, 0.25) is 0 Å². The Morgan fingerprint density at radius 2 is 1.60 bits per heavy atom. The first kappa shape index (κ1) is 22.7. The number of aliphatic carboxylic acids is 1. The molecular formula is C26H25N5O4. The summed E-state index contributed by atoms with van der Waals surface area (Å²) in [6.07, 6.45) is 6.44. The number of aldehydes is 1. The quantitative estimate of drug-likeness (QED) is 0.283. The van der Waals surface area contributed by atoms with Gasteiger partial charge in [0.05, 0.1) is 23.0 Å². The van der Waals surface area contributed by atoms with E-state index in [0.717, 1.165) is 64.0 Å². The summed E-state index contributed by atoms with van der Waals surface area (Å²) in [6.45, 7) is 0.400. The van der Waals surface area contributed by atoms with Crippen LogP contribution in [0.3, 0.4) is 0 Å². The predicted octanol–water partition coefficient (Wildman–Crippen LogP) is 2.88. The summed E-state index contributed by atoms with van der Waals surface area (Å²) in [7, 11) is 0. The second-order valence-electron chi connectivity index (χ2n) is 8.74. The zero-order chi connectivity index (χ0) is 24.4. The molecule has 6 heterocycles. The molecule has 0 spiro atoms. The fraction of sp³-hybridized carbons (Fsp3) is 0.231. The van der Waals surface area contributed by atoms with Gasteiger partial charge in [0.1, 0.15) is 6.04 Å². The molecule has 8 bridgehead atoms. The van der Waals surface area contributed by atoms with Crippen molar-refractivity contribution in [2.24, 2.45) is 0 Å². The predicted molar refractivity (Wildman–Crippen MR) is 133 cm³/mol. The monoisotopic (exact) mass is 471 g/mol. The lowest BCUT2D eigenvalue weighted by atomic mass is 10.2. The van der Waals surface area contributed by atoms with Gasteiger partial charge in [-0.05, 0) is 67.5 Å². The number of hydrogen-bond acceptors (Lipinski definition) is 6. The number of carboxylic acid groups (broad SMARTS) is 1. The molecule has 5 N–H and O–H groups in total. The van der Waals surface area contributed by atoms with Crippen molar-refractivity contribution in [1.29, 1.82) is 0 Å². The third-order valence-corrected chi connectivity index (χ3v) is 6.01. The van der Waals surface area contributed by atoms with Gasteiger partial charge in [-0.25, -0.2) is 4.98 Å². The number of hydrogen-bond donors (Lipinski definition) is 5. The van der Waals surface area contributed by atoms with Gasteiger partial charge < -0.3 is 25.5 Å². The van der Waals surface area contributed by atoms with E-state index in [9.17, 15) is 9.59 Å². The Bertz CT molecular complexity index is 1470. The number of aryl methyl sites for hydroxylation is 2. The number of aliphatic hydroxyl groups is 1. The molecule has 0 amide bonds. The van der Waals surface area contributed by atoms with Crippen molar-refractivity contribution in [3.05, 3.63) is 70.8 Å². The number of β-amino-alcohol motifs (C(OH)–C–C–N with tert-alkyl or cyclic N) is 1. The SMILES string of the molecule is O=C(O)[C@@H]1CC(O)CN1.O=Cc1cc2cc3nc(cc4ccc(cc5nc(cc1[nH]2)C=C5)[nH]4)CC3. The van der Waals surface area contributed by atoms with E-state index in [2.05, 4.69) is 32.4 Å². The van der Waals surface area contributed by atoms with E-state index in [4.69, 9.17) is 15.2 Å². The molecule has 9 nitrogen and oxygen atoms in total. The minimum Gasteiger partial charge on any atom is -0.480 e. The van der Waals surface area contributed by atoms with E-state index in [1.165, 1.54) is 0 Å². The molecule has 0 radical (unpaired) electrons. The van der Waals surface area contributed by atoms with Gasteiger partial charge >= 0.3 is 5.97 Å². The number of nitrogens with one attached hydrogen (secondary N) is 3. The highest BCUT2D eigenvalue weighted by Gasteiger charge is 2.27. The van der Waals surface area contributed by atoms with Crippen LogP contribution in [0.15, 0.2) is 42.5 Å². The number of H-pyrrole nitrogens is 2. The van der Waals surface area contributed by atoms with Gasteiger partial charge in [0.15, 0.2) is 6.29 Å². The van der Waals surface area contributed by atoms with Crippen molar-refractivity contribution in [3.63, 3.8) is 0 Å². The average molecular weight is 472 g/mol. The van der Waals surface area contributed by atoms with Gasteiger partial charge in [-0.2, -0.15) is 0 Å².